The Labute approximate surface area is 122 Å². The van der Waals surface area contributed by atoms with E-state index in [4.69, 9.17) is 4.74 Å². The first-order chi connectivity index (χ1) is 10.0. The Morgan fingerprint density at radius 1 is 1.29 bits per heavy atom. The molecular formula is C15H18FNO4. The van der Waals surface area contributed by atoms with Crippen LogP contribution < -0.4 is 5.32 Å². The molecule has 1 aliphatic carbocycles. The number of hydrogen-bond acceptors (Lipinski definition) is 4. The van der Waals surface area contributed by atoms with E-state index < -0.39 is 11.7 Å². The molecule has 5 nitrogen and oxygen atoms in total. The molecule has 1 fully saturated rings. The van der Waals surface area contributed by atoms with Crippen molar-refractivity contribution in [1.29, 1.82) is 0 Å². The molecular weight excluding hydrogens is 277 g/mol. The Morgan fingerprint density at radius 3 is 2.52 bits per heavy atom. The number of methoxy groups -OCH3 is 1. The number of esters is 1. The van der Waals surface area contributed by atoms with E-state index in [1.165, 1.54) is 19.2 Å². The predicted molar refractivity (Wildman–Crippen MR) is 73.3 cm³/mol. The van der Waals surface area contributed by atoms with Crippen molar-refractivity contribution in [3.8, 4) is 5.75 Å². The third kappa shape index (κ3) is 3.51. The predicted octanol–water partition coefficient (Wildman–Crippen LogP) is 1.99. The molecule has 2 rings (SSSR count). The zero-order chi connectivity index (χ0) is 15.4. The quantitative estimate of drug-likeness (QED) is 0.836. The van der Waals surface area contributed by atoms with Crippen LogP contribution in [0.4, 0.5) is 4.39 Å². The van der Waals surface area contributed by atoms with Crippen LogP contribution in [0, 0.1) is 11.7 Å². The molecule has 0 radical (unpaired) electrons. The maximum Gasteiger partial charge on any atom is 0.308 e. The van der Waals surface area contributed by atoms with Crippen LogP contribution in [0.15, 0.2) is 18.2 Å². The van der Waals surface area contributed by atoms with Gasteiger partial charge in [0, 0.05) is 6.04 Å². The third-order valence-electron chi connectivity index (χ3n) is 3.82. The highest BCUT2D eigenvalue weighted by molar-refractivity contribution is 5.97. The Morgan fingerprint density at radius 2 is 1.95 bits per heavy atom. The van der Waals surface area contributed by atoms with Gasteiger partial charge in [-0.15, -0.1) is 0 Å². The van der Waals surface area contributed by atoms with Gasteiger partial charge in [0.1, 0.15) is 17.1 Å². The summed E-state index contributed by atoms with van der Waals surface area (Å²) in [5.41, 5.74) is -0.340. The van der Waals surface area contributed by atoms with E-state index in [0.29, 0.717) is 25.7 Å². The highest BCUT2D eigenvalue weighted by Gasteiger charge is 2.28. The molecule has 21 heavy (non-hydrogen) atoms. The lowest BCUT2D eigenvalue weighted by atomic mass is 9.86. The Hall–Kier alpha value is -2.11. The van der Waals surface area contributed by atoms with Crippen molar-refractivity contribution >= 4 is 11.9 Å². The summed E-state index contributed by atoms with van der Waals surface area (Å²) in [5, 5.41) is 12.3. The molecule has 6 heteroatoms. The molecule has 2 N–H and O–H groups in total. The van der Waals surface area contributed by atoms with Crippen molar-refractivity contribution in [1.82, 2.24) is 5.32 Å². The first kappa shape index (κ1) is 15.3. The fourth-order valence-electron chi connectivity index (χ4n) is 2.64. The second-order valence-electron chi connectivity index (χ2n) is 5.18. The molecule has 0 heterocycles. The number of phenols is 1. The maximum atomic E-state index is 13.6. The third-order valence-corrected chi connectivity index (χ3v) is 3.82. The fraction of sp³-hybridized carbons (Fsp3) is 0.467. The van der Waals surface area contributed by atoms with Crippen LogP contribution >= 0.6 is 0 Å². The average Bonchev–Trinajstić information content (AvgIpc) is 2.47. The number of amides is 1. The van der Waals surface area contributed by atoms with E-state index in [-0.39, 0.29) is 29.2 Å². The normalized spacial score (nSPS) is 21.6. The minimum atomic E-state index is -0.754. The molecule has 0 unspecified atom stereocenters. The number of rotatable bonds is 3. The highest BCUT2D eigenvalue weighted by atomic mass is 19.1. The van der Waals surface area contributed by atoms with Crippen molar-refractivity contribution < 1.29 is 23.8 Å². The molecule has 1 aliphatic rings. The van der Waals surface area contributed by atoms with Crippen molar-refractivity contribution in [3.63, 3.8) is 0 Å². The zero-order valence-electron chi connectivity index (χ0n) is 11.8. The first-order valence-corrected chi connectivity index (χ1v) is 6.89. The van der Waals surface area contributed by atoms with E-state index >= 15 is 0 Å². The van der Waals surface area contributed by atoms with Crippen LogP contribution in [0.1, 0.15) is 36.0 Å². The Balaban J connectivity index is 1.95. The SMILES string of the molecule is COC(=O)C1CCC(NC(=O)c2c(O)cccc2F)CC1. The highest BCUT2D eigenvalue weighted by Crippen LogP contribution is 2.26. The summed E-state index contributed by atoms with van der Waals surface area (Å²) in [4.78, 5) is 23.4. The lowest BCUT2D eigenvalue weighted by Crippen LogP contribution is -2.39. The summed E-state index contributed by atoms with van der Waals surface area (Å²) in [7, 11) is 1.36. The van der Waals surface area contributed by atoms with Gasteiger partial charge in [-0.1, -0.05) is 6.07 Å². The lowest BCUT2D eigenvalue weighted by molar-refractivity contribution is -0.146. The summed E-state index contributed by atoms with van der Waals surface area (Å²) in [6.07, 6.45) is 2.50. The smallest absolute Gasteiger partial charge is 0.308 e. The van der Waals surface area contributed by atoms with Crippen molar-refractivity contribution in [3.05, 3.63) is 29.6 Å². The molecule has 0 spiro atoms. The number of hydrogen-bond donors (Lipinski definition) is 2. The van der Waals surface area contributed by atoms with Gasteiger partial charge in [0.25, 0.3) is 5.91 Å². The molecule has 1 amide bonds. The topological polar surface area (TPSA) is 75.6 Å². The lowest BCUT2D eigenvalue weighted by Gasteiger charge is -2.27. The largest absolute Gasteiger partial charge is 0.507 e. The van der Waals surface area contributed by atoms with Gasteiger partial charge in [0.15, 0.2) is 0 Å². The van der Waals surface area contributed by atoms with E-state index in [9.17, 15) is 19.1 Å². The van der Waals surface area contributed by atoms with Crippen LogP contribution in [0.2, 0.25) is 0 Å². The molecule has 0 bridgehead atoms. The van der Waals surface area contributed by atoms with Crippen LogP contribution in [0.25, 0.3) is 0 Å². The molecule has 0 saturated heterocycles. The van der Waals surface area contributed by atoms with Crippen LogP contribution in [-0.2, 0) is 9.53 Å². The molecule has 0 aliphatic heterocycles. The molecule has 1 saturated carbocycles. The molecule has 1 aromatic rings. The van der Waals surface area contributed by atoms with Gasteiger partial charge in [0.05, 0.1) is 13.0 Å². The molecule has 0 atom stereocenters. The summed E-state index contributed by atoms with van der Waals surface area (Å²) >= 11 is 0. The van der Waals surface area contributed by atoms with Gasteiger partial charge < -0.3 is 15.2 Å². The second-order valence-corrected chi connectivity index (χ2v) is 5.18. The van der Waals surface area contributed by atoms with Crippen molar-refractivity contribution in [2.75, 3.05) is 7.11 Å². The molecule has 114 valence electrons. The number of benzene rings is 1. The number of ether oxygens (including phenoxy) is 1. The minimum absolute atomic E-state index is 0.127. The number of halogens is 1. The summed E-state index contributed by atoms with van der Waals surface area (Å²) in [6, 6.07) is 3.61. The Bertz CT molecular complexity index is 518. The van der Waals surface area contributed by atoms with Gasteiger partial charge in [0.2, 0.25) is 0 Å². The monoisotopic (exact) mass is 295 g/mol. The van der Waals surface area contributed by atoms with E-state index in [0.717, 1.165) is 6.07 Å². The summed E-state index contributed by atoms with van der Waals surface area (Å²) in [6.45, 7) is 0. The second kappa shape index (κ2) is 6.56. The standard InChI is InChI=1S/C15H18FNO4/c1-21-15(20)9-5-7-10(8-6-9)17-14(19)13-11(16)3-2-4-12(13)18/h2-4,9-10,18H,5-8H2,1H3,(H,17,19). The summed E-state index contributed by atoms with van der Waals surface area (Å²) < 4.78 is 18.3. The Kier molecular flexibility index (Phi) is 4.77. The van der Waals surface area contributed by atoms with E-state index in [1.54, 1.807) is 0 Å². The van der Waals surface area contributed by atoms with Crippen molar-refractivity contribution in [2.24, 2.45) is 5.92 Å². The molecule has 1 aromatic carbocycles. The number of aromatic hydroxyl groups is 1. The fourth-order valence-corrected chi connectivity index (χ4v) is 2.64. The maximum absolute atomic E-state index is 13.6. The van der Waals surface area contributed by atoms with Gasteiger partial charge in [-0.25, -0.2) is 4.39 Å². The first-order valence-electron chi connectivity index (χ1n) is 6.89. The van der Waals surface area contributed by atoms with Crippen LogP contribution in [0.3, 0.4) is 0 Å². The van der Waals surface area contributed by atoms with Crippen molar-refractivity contribution in [2.45, 2.75) is 31.7 Å². The van der Waals surface area contributed by atoms with Gasteiger partial charge >= 0.3 is 5.97 Å². The number of carbonyl (C=O) groups is 2. The number of nitrogens with one attached hydrogen (secondary N) is 1. The summed E-state index contributed by atoms with van der Waals surface area (Å²) in [5.74, 6) is -2.13. The molecule has 0 aromatic heterocycles. The van der Waals surface area contributed by atoms with E-state index in [1.807, 2.05) is 0 Å². The number of phenolic OH excluding ortho intramolecular Hbond substituents is 1. The van der Waals surface area contributed by atoms with Gasteiger partial charge in [-0.05, 0) is 37.8 Å². The number of carbonyl (C=O) groups excluding carboxylic acids is 2. The average molecular weight is 295 g/mol. The van der Waals surface area contributed by atoms with Crippen LogP contribution in [-0.4, -0.2) is 30.1 Å². The zero-order valence-corrected chi connectivity index (χ0v) is 11.8. The minimum Gasteiger partial charge on any atom is -0.507 e. The van der Waals surface area contributed by atoms with Gasteiger partial charge in [-0.2, -0.15) is 0 Å². The van der Waals surface area contributed by atoms with Gasteiger partial charge in [-0.3, -0.25) is 9.59 Å². The van der Waals surface area contributed by atoms with Crippen LogP contribution in [0.5, 0.6) is 5.75 Å². The van der Waals surface area contributed by atoms with E-state index in [2.05, 4.69) is 5.32 Å².